The van der Waals surface area contributed by atoms with Crippen molar-refractivity contribution in [2.24, 2.45) is 0 Å². The highest BCUT2D eigenvalue weighted by Crippen LogP contribution is 2.19. The predicted molar refractivity (Wildman–Crippen MR) is 66.6 cm³/mol. The van der Waals surface area contributed by atoms with Crippen LogP contribution in [-0.4, -0.2) is 36.4 Å². The van der Waals surface area contributed by atoms with E-state index in [1.165, 1.54) is 4.88 Å². The fraction of sp³-hybridized carbons (Fsp3) is 0.636. The molecule has 0 fully saturated rings. The summed E-state index contributed by atoms with van der Waals surface area (Å²) in [7, 11) is 3.51. The fourth-order valence-corrected chi connectivity index (χ4v) is 2.06. The quantitative estimate of drug-likeness (QED) is 0.848. The van der Waals surface area contributed by atoms with Crippen LogP contribution in [0, 0.1) is 0 Å². The van der Waals surface area contributed by atoms with Gasteiger partial charge >= 0.3 is 0 Å². The number of aromatic nitrogens is 1. The average molecular weight is 241 g/mol. The lowest BCUT2D eigenvalue weighted by atomic mass is 10.3. The Morgan fingerprint density at radius 2 is 2.31 bits per heavy atom. The van der Waals surface area contributed by atoms with Gasteiger partial charge in [-0.2, -0.15) is 0 Å². The third-order valence-corrected chi connectivity index (χ3v) is 3.67. The van der Waals surface area contributed by atoms with E-state index in [0.717, 1.165) is 11.4 Å². The summed E-state index contributed by atoms with van der Waals surface area (Å²) in [4.78, 5) is 18.6. The topological polar surface area (TPSA) is 45.2 Å². The molecule has 0 radical (unpaired) electrons. The second kappa shape index (κ2) is 5.96. The Bertz CT molecular complexity index is 349. The third kappa shape index (κ3) is 3.57. The molecular weight excluding hydrogens is 222 g/mol. The van der Waals surface area contributed by atoms with Gasteiger partial charge < -0.3 is 4.90 Å². The van der Waals surface area contributed by atoms with Gasteiger partial charge in [0.05, 0.1) is 12.6 Å². The number of aryl methyl sites for hydroxylation is 1. The summed E-state index contributed by atoms with van der Waals surface area (Å²) in [5.41, 5.74) is 0. The molecule has 5 heteroatoms. The SMILES string of the molecule is CCc1cnc(C(C)NCC(=O)N(C)C)s1. The number of carbonyl (C=O) groups is 1. The van der Waals surface area contributed by atoms with Gasteiger partial charge in [-0.1, -0.05) is 6.92 Å². The minimum Gasteiger partial charge on any atom is -0.348 e. The maximum atomic E-state index is 11.4. The van der Waals surface area contributed by atoms with Crippen LogP contribution in [0.2, 0.25) is 0 Å². The molecule has 0 aliphatic carbocycles. The van der Waals surface area contributed by atoms with Crippen LogP contribution >= 0.6 is 11.3 Å². The molecule has 1 N–H and O–H groups in total. The van der Waals surface area contributed by atoms with Crippen LogP contribution in [0.3, 0.4) is 0 Å². The molecule has 0 saturated carbocycles. The average Bonchev–Trinajstić information content (AvgIpc) is 2.73. The predicted octanol–water partition coefficient (Wildman–Crippen LogP) is 1.44. The van der Waals surface area contributed by atoms with Crippen LogP contribution in [0.25, 0.3) is 0 Å². The van der Waals surface area contributed by atoms with Crippen molar-refractivity contribution in [3.8, 4) is 0 Å². The van der Waals surface area contributed by atoms with E-state index < -0.39 is 0 Å². The van der Waals surface area contributed by atoms with Gasteiger partial charge in [-0.3, -0.25) is 10.1 Å². The van der Waals surface area contributed by atoms with E-state index in [-0.39, 0.29) is 11.9 Å². The number of carbonyl (C=O) groups excluding carboxylic acids is 1. The molecule has 0 aliphatic heterocycles. The molecule has 16 heavy (non-hydrogen) atoms. The molecule has 0 bridgehead atoms. The van der Waals surface area contributed by atoms with Crippen molar-refractivity contribution in [2.75, 3.05) is 20.6 Å². The van der Waals surface area contributed by atoms with E-state index in [9.17, 15) is 4.79 Å². The van der Waals surface area contributed by atoms with Crippen LogP contribution in [0.15, 0.2) is 6.20 Å². The van der Waals surface area contributed by atoms with Gasteiger partial charge in [0.1, 0.15) is 5.01 Å². The first kappa shape index (κ1) is 13.1. The Balaban J connectivity index is 2.46. The maximum absolute atomic E-state index is 11.4. The van der Waals surface area contributed by atoms with Gasteiger partial charge in [-0.05, 0) is 13.3 Å². The zero-order valence-corrected chi connectivity index (χ0v) is 11.1. The molecule has 1 rings (SSSR count). The minimum atomic E-state index is 0.0825. The number of amides is 1. The summed E-state index contributed by atoms with van der Waals surface area (Å²) < 4.78 is 0. The molecule has 1 atom stereocenters. The summed E-state index contributed by atoms with van der Waals surface area (Å²) in [5, 5.41) is 4.22. The Kier molecular flexibility index (Phi) is 4.89. The molecule has 1 aromatic heterocycles. The summed E-state index contributed by atoms with van der Waals surface area (Å²) in [5.74, 6) is 0.0825. The van der Waals surface area contributed by atoms with E-state index in [2.05, 4.69) is 17.2 Å². The van der Waals surface area contributed by atoms with Gasteiger partial charge in [-0.15, -0.1) is 11.3 Å². The van der Waals surface area contributed by atoms with Crippen LogP contribution in [0.4, 0.5) is 0 Å². The number of nitrogens with zero attached hydrogens (tertiary/aromatic N) is 2. The van der Waals surface area contributed by atoms with Crippen molar-refractivity contribution in [1.82, 2.24) is 15.2 Å². The van der Waals surface area contributed by atoms with Crippen molar-refractivity contribution in [3.63, 3.8) is 0 Å². The van der Waals surface area contributed by atoms with Crippen molar-refractivity contribution < 1.29 is 4.79 Å². The second-order valence-corrected chi connectivity index (χ2v) is 5.06. The van der Waals surface area contributed by atoms with E-state index in [1.54, 1.807) is 30.3 Å². The van der Waals surface area contributed by atoms with Crippen LogP contribution < -0.4 is 5.32 Å². The molecular formula is C11H19N3OS. The van der Waals surface area contributed by atoms with Crippen LogP contribution in [0.5, 0.6) is 0 Å². The molecule has 4 nitrogen and oxygen atoms in total. The van der Waals surface area contributed by atoms with E-state index >= 15 is 0 Å². The zero-order chi connectivity index (χ0) is 12.1. The van der Waals surface area contributed by atoms with Crippen molar-refractivity contribution in [1.29, 1.82) is 0 Å². The first-order valence-electron chi connectivity index (χ1n) is 5.42. The lowest BCUT2D eigenvalue weighted by molar-refractivity contribution is -0.127. The summed E-state index contributed by atoms with van der Waals surface area (Å²) in [6.07, 6.45) is 2.92. The second-order valence-electron chi connectivity index (χ2n) is 3.91. The molecule has 90 valence electrons. The Labute approximate surface area is 101 Å². The molecule has 0 saturated heterocycles. The fourth-order valence-electron chi connectivity index (χ4n) is 1.17. The number of thiazole rings is 1. The number of nitrogens with one attached hydrogen (secondary N) is 1. The van der Waals surface area contributed by atoms with E-state index in [4.69, 9.17) is 0 Å². The highest BCUT2D eigenvalue weighted by molar-refractivity contribution is 7.11. The molecule has 1 unspecified atom stereocenters. The lowest BCUT2D eigenvalue weighted by Crippen LogP contribution is -2.34. The van der Waals surface area contributed by atoms with E-state index in [0.29, 0.717) is 6.54 Å². The molecule has 1 aromatic rings. The molecule has 0 aliphatic rings. The van der Waals surface area contributed by atoms with Gasteiger partial charge in [0, 0.05) is 25.2 Å². The monoisotopic (exact) mass is 241 g/mol. The Morgan fingerprint density at radius 3 is 2.81 bits per heavy atom. The Morgan fingerprint density at radius 1 is 1.62 bits per heavy atom. The largest absolute Gasteiger partial charge is 0.348 e. The highest BCUT2D eigenvalue weighted by atomic mass is 32.1. The number of rotatable bonds is 5. The summed E-state index contributed by atoms with van der Waals surface area (Å²) in [6.45, 7) is 4.50. The highest BCUT2D eigenvalue weighted by Gasteiger charge is 2.11. The number of hydrogen-bond acceptors (Lipinski definition) is 4. The van der Waals surface area contributed by atoms with Crippen molar-refractivity contribution in [3.05, 3.63) is 16.1 Å². The lowest BCUT2D eigenvalue weighted by Gasteiger charge is -2.14. The third-order valence-electron chi connectivity index (χ3n) is 2.35. The molecule has 0 aromatic carbocycles. The smallest absolute Gasteiger partial charge is 0.236 e. The van der Waals surface area contributed by atoms with Crippen molar-refractivity contribution >= 4 is 17.2 Å². The number of likely N-dealkylation sites (N-methyl/N-ethyl adjacent to an activating group) is 1. The first-order valence-corrected chi connectivity index (χ1v) is 6.24. The van der Waals surface area contributed by atoms with E-state index in [1.807, 2.05) is 13.1 Å². The van der Waals surface area contributed by atoms with Gasteiger partial charge in [-0.25, -0.2) is 4.98 Å². The molecule has 1 heterocycles. The first-order chi connectivity index (χ1) is 7.54. The van der Waals surface area contributed by atoms with Crippen LogP contribution in [0.1, 0.15) is 29.8 Å². The standard InChI is InChI=1S/C11H19N3OS/c1-5-9-6-13-11(16-9)8(2)12-7-10(15)14(3)4/h6,8,12H,5,7H2,1-4H3. The number of hydrogen-bond donors (Lipinski definition) is 1. The molecule has 1 amide bonds. The van der Waals surface area contributed by atoms with Gasteiger partial charge in [0.2, 0.25) is 5.91 Å². The Hall–Kier alpha value is -0.940. The summed E-state index contributed by atoms with van der Waals surface area (Å²) in [6, 6.07) is 0.134. The maximum Gasteiger partial charge on any atom is 0.236 e. The zero-order valence-electron chi connectivity index (χ0n) is 10.3. The minimum absolute atomic E-state index is 0.0825. The molecule has 0 spiro atoms. The van der Waals surface area contributed by atoms with Gasteiger partial charge in [0.15, 0.2) is 0 Å². The van der Waals surface area contributed by atoms with Gasteiger partial charge in [0.25, 0.3) is 0 Å². The van der Waals surface area contributed by atoms with Crippen LogP contribution in [-0.2, 0) is 11.2 Å². The van der Waals surface area contributed by atoms with Crippen molar-refractivity contribution in [2.45, 2.75) is 26.3 Å². The normalized spacial score (nSPS) is 12.5. The summed E-state index contributed by atoms with van der Waals surface area (Å²) >= 11 is 1.70.